The van der Waals surface area contributed by atoms with E-state index in [1.54, 1.807) is 25.1 Å². The minimum Gasteiger partial charge on any atom is -0.373 e. The van der Waals surface area contributed by atoms with Crippen molar-refractivity contribution < 1.29 is 18.0 Å². The highest BCUT2D eigenvalue weighted by molar-refractivity contribution is 5.87. The van der Waals surface area contributed by atoms with Gasteiger partial charge in [0, 0.05) is 57.7 Å². The number of rotatable bonds is 7. The van der Waals surface area contributed by atoms with Crippen molar-refractivity contribution in [3.05, 3.63) is 36.4 Å². The molecule has 2 rings (SSSR count). The molecule has 156 valence electrons. The van der Waals surface area contributed by atoms with Crippen LogP contribution in [0.1, 0.15) is 12.0 Å². The van der Waals surface area contributed by atoms with Gasteiger partial charge in [-0.05, 0) is 44.8 Å². The fourth-order valence-electron chi connectivity index (χ4n) is 3.26. The second-order valence-corrected chi connectivity index (χ2v) is 7.50. The van der Waals surface area contributed by atoms with Crippen molar-refractivity contribution in [3.63, 3.8) is 0 Å². The molecule has 0 saturated carbocycles. The molecule has 0 aliphatic carbocycles. The normalized spacial score (nSPS) is 17.1. The lowest BCUT2D eigenvalue weighted by molar-refractivity contribution is -0.137. The summed E-state index contributed by atoms with van der Waals surface area (Å²) in [5, 5.41) is 0. The Balaban J connectivity index is 2.28. The predicted molar refractivity (Wildman–Crippen MR) is 107 cm³/mol. The average Bonchev–Trinajstić information content (AvgIpc) is 3.13. The first-order valence-corrected chi connectivity index (χ1v) is 9.25. The molecule has 0 radical (unpaired) electrons. The Hall–Kier alpha value is -2.22. The second-order valence-electron chi connectivity index (χ2n) is 7.50. The topological polar surface area (TPSA) is 30.0 Å². The molecule has 1 aromatic carbocycles. The van der Waals surface area contributed by atoms with Crippen molar-refractivity contribution in [3.8, 4) is 0 Å². The maximum atomic E-state index is 13.5. The van der Waals surface area contributed by atoms with Gasteiger partial charge in [0.05, 0.1) is 5.56 Å². The molecular weight excluding hydrogens is 369 g/mol. The zero-order valence-electron chi connectivity index (χ0n) is 17.0. The van der Waals surface area contributed by atoms with Gasteiger partial charge >= 0.3 is 6.18 Å². The number of nitrogens with zero attached hydrogens (tertiary/aromatic N) is 4. The Morgan fingerprint density at radius 1 is 1.18 bits per heavy atom. The van der Waals surface area contributed by atoms with Gasteiger partial charge in [-0.3, -0.25) is 4.79 Å². The van der Waals surface area contributed by atoms with Crippen LogP contribution < -0.4 is 9.80 Å². The number of carbonyl (C=O) groups is 1. The van der Waals surface area contributed by atoms with Crippen LogP contribution in [0, 0.1) is 0 Å². The molecule has 0 aromatic heterocycles. The summed E-state index contributed by atoms with van der Waals surface area (Å²) >= 11 is 0. The van der Waals surface area contributed by atoms with Crippen molar-refractivity contribution >= 4 is 17.3 Å². The van der Waals surface area contributed by atoms with E-state index in [9.17, 15) is 18.0 Å². The van der Waals surface area contributed by atoms with E-state index in [4.69, 9.17) is 0 Å². The van der Waals surface area contributed by atoms with E-state index < -0.39 is 11.7 Å². The summed E-state index contributed by atoms with van der Waals surface area (Å²) in [4.78, 5) is 19.1. The maximum Gasteiger partial charge on any atom is 0.416 e. The summed E-state index contributed by atoms with van der Waals surface area (Å²) in [5.41, 5.74) is 0.357. The van der Waals surface area contributed by atoms with Gasteiger partial charge < -0.3 is 19.6 Å². The summed E-state index contributed by atoms with van der Waals surface area (Å²) in [6.07, 6.45) is -2.45. The van der Waals surface area contributed by atoms with Gasteiger partial charge in [0.15, 0.2) is 0 Å². The molecule has 1 heterocycles. The van der Waals surface area contributed by atoms with Crippen LogP contribution in [0.15, 0.2) is 30.9 Å². The van der Waals surface area contributed by atoms with Gasteiger partial charge in [0.25, 0.3) is 0 Å². The molecule has 0 N–H and O–H groups in total. The number of likely N-dealkylation sites (tertiary alicyclic amines) is 1. The summed E-state index contributed by atoms with van der Waals surface area (Å²) in [5.74, 6) is -0.149. The van der Waals surface area contributed by atoms with Crippen LogP contribution in [0.5, 0.6) is 0 Å². The molecule has 1 amide bonds. The van der Waals surface area contributed by atoms with Crippen LogP contribution in [0.25, 0.3) is 0 Å². The quantitative estimate of drug-likeness (QED) is 0.661. The van der Waals surface area contributed by atoms with E-state index in [0.717, 1.165) is 6.54 Å². The predicted octanol–water partition coefficient (Wildman–Crippen LogP) is 2.93. The molecule has 1 aliphatic heterocycles. The van der Waals surface area contributed by atoms with Crippen molar-refractivity contribution in [1.29, 1.82) is 0 Å². The Labute approximate surface area is 165 Å². The van der Waals surface area contributed by atoms with Gasteiger partial charge in [-0.2, -0.15) is 13.2 Å². The highest BCUT2D eigenvalue weighted by atomic mass is 19.4. The molecule has 0 unspecified atom stereocenters. The number of halogens is 3. The number of benzene rings is 1. The fourth-order valence-corrected chi connectivity index (χ4v) is 3.26. The molecule has 5 nitrogen and oxygen atoms in total. The highest BCUT2D eigenvalue weighted by Gasteiger charge is 2.33. The van der Waals surface area contributed by atoms with Crippen LogP contribution in [-0.4, -0.2) is 76.1 Å². The third-order valence-electron chi connectivity index (χ3n) is 5.16. The molecule has 1 aliphatic rings. The van der Waals surface area contributed by atoms with Gasteiger partial charge in [-0.25, -0.2) is 0 Å². The largest absolute Gasteiger partial charge is 0.416 e. The first kappa shape index (κ1) is 22.1. The zero-order chi connectivity index (χ0) is 21.1. The average molecular weight is 398 g/mol. The van der Waals surface area contributed by atoms with Gasteiger partial charge in [0.2, 0.25) is 5.91 Å². The zero-order valence-corrected chi connectivity index (χ0v) is 17.0. The fraction of sp³-hybridized carbons (Fsp3) is 0.550. The summed E-state index contributed by atoms with van der Waals surface area (Å²) < 4.78 is 40.4. The van der Waals surface area contributed by atoms with Crippen molar-refractivity contribution in [2.24, 2.45) is 0 Å². The Kier molecular flexibility index (Phi) is 6.98. The molecule has 1 fully saturated rings. The van der Waals surface area contributed by atoms with E-state index in [1.807, 2.05) is 28.8 Å². The van der Waals surface area contributed by atoms with Crippen molar-refractivity contribution in [2.45, 2.75) is 18.6 Å². The first-order valence-electron chi connectivity index (χ1n) is 9.25. The lowest BCUT2D eigenvalue weighted by Crippen LogP contribution is -2.36. The molecule has 1 atom stereocenters. The molecule has 0 spiro atoms. The minimum absolute atomic E-state index is 0.0349. The number of alkyl halides is 3. The third-order valence-corrected chi connectivity index (χ3v) is 5.16. The number of hydrogen-bond donors (Lipinski definition) is 0. The van der Waals surface area contributed by atoms with Gasteiger partial charge in [-0.15, -0.1) is 0 Å². The lowest BCUT2D eigenvalue weighted by atomic mass is 10.1. The smallest absolute Gasteiger partial charge is 0.373 e. The number of carbonyl (C=O) groups excluding carboxylic acids is 1. The first-order chi connectivity index (χ1) is 13.0. The van der Waals surface area contributed by atoms with Gasteiger partial charge in [-0.1, -0.05) is 6.58 Å². The van der Waals surface area contributed by atoms with E-state index in [0.29, 0.717) is 37.4 Å². The Morgan fingerprint density at radius 2 is 1.82 bits per heavy atom. The van der Waals surface area contributed by atoms with Crippen molar-refractivity contribution in [1.82, 2.24) is 9.80 Å². The Morgan fingerprint density at radius 3 is 2.39 bits per heavy atom. The van der Waals surface area contributed by atoms with Gasteiger partial charge in [0.1, 0.15) is 0 Å². The van der Waals surface area contributed by atoms with E-state index in [-0.39, 0.29) is 11.9 Å². The summed E-state index contributed by atoms with van der Waals surface area (Å²) in [7, 11) is 7.43. The molecular formula is C20H29F3N4O. The van der Waals surface area contributed by atoms with Crippen LogP contribution in [0.3, 0.4) is 0 Å². The minimum atomic E-state index is -4.42. The van der Waals surface area contributed by atoms with Crippen molar-refractivity contribution in [2.75, 3.05) is 64.2 Å². The second kappa shape index (κ2) is 8.86. The molecule has 0 bridgehead atoms. The molecule has 1 aromatic rings. The number of amides is 1. The lowest BCUT2D eigenvalue weighted by Gasteiger charge is -2.30. The Bertz CT molecular complexity index is 705. The van der Waals surface area contributed by atoms with Crippen LogP contribution >= 0.6 is 0 Å². The number of hydrogen-bond acceptors (Lipinski definition) is 4. The monoisotopic (exact) mass is 398 g/mol. The summed E-state index contributed by atoms with van der Waals surface area (Å²) in [6, 6.07) is 4.12. The van der Waals surface area contributed by atoms with E-state index >= 15 is 0 Å². The number of anilines is 2. The molecule has 1 saturated heterocycles. The molecule has 28 heavy (non-hydrogen) atoms. The van der Waals surface area contributed by atoms with Crippen LogP contribution in [-0.2, 0) is 11.0 Å². The third kappa shape index (κ3) is 5.41. The molecule has 8 heteroatoms. The van der Waals surface area contributed by atoms with E-state index in [1.165, 1.54) is 18.2 Å². The SMILES string of the molecule is C=CC(=O)N1CC[C@H](N(C)c2cc(N(C)CCN(C)C)cc(C(F)(F)F)c2)C1. The summed E-state index contributed by atoms with van der Waals surface area (Å²) in [6.45, 7) is 5.90. The maximum absolute atomic E-state index is 13.5. The van der Waals surface area contributed by atoms with E-state index in [2.05, 4.69) is 6.58 Å². The highest BCUT2D eigenvalue weighted by Crippen LogP contribution is 2.36. The number of likely N-dealkylation sites (N-methyl/N-ethyl adjacent to an activating group) is 3. The standard InChI is InChI=1S/C20H29F3N4O/c1-6-19(28)27-8-7-16(14-27)26(5)18-12-15(20(21,22)23)11-17(13-18)25(4)10-9-24(2)3/h6,11-13,16H,1,7-10,14H2,2-5H3/t16-/m0/s1. The van der Waals surface area contributed by atoms with Crippen LogP contribution in [0.4, 0.5) is 24.5 Å². The van der Waals surface area contributed by atoms with Crippen LogP contribution in [0.2, 0.25) is 0 Å².